The van der Waals surface area contributed by atoms with Gasteiger partial charge in [-0.2, -0.15) is 5.10 Å². The van der Waals surface area contributed by atoms with Crippen LogP contribution in [-0.4, -0.2) is 63.0 Å². The number of piperazine rings is 1. The molecular formula is C18H23N5O2. The molecule has 3 rings (SSSR count). The smallest absolute Gasteiger partial charge is 0.274 e. The first kappa shape index (κ1) is 17.1. The summed E-state index contributed by atoms with van der Waals surface area (Å²) in [6.45, 7) is 4.24. The zero-order valence-corrected chi connectivity index (χ0v) is 14.4. The second-order valence-electron chi connectivity index (χ2n) is 6.20. The average Bonchev–Trinajstić information content (AvgIpc) is 3.11. The Labute approximate surface area is 147 Å². The Morgan fingerprint density at radius 1 is 1.16 bits per heavy atom. The summed E-state index contributed by atoms with van der Waals surface area (Å²) in [5, 5.41) is 7.03. The third-order valence-electron chi connectivity index (χ3n) is 4.35. The Balaban J connectivity index is 1.52. The predicted octanol–water partition coefficient (Wildman–Crippen LogP) is 1.28. The third kappa shape index (κ3) is 4.23. The fourth-order valence-electron chi connectivity index (χ4n) is 2.96. The molecule has 3 heterocycles. The Bertz CT molecular complexity index is 720. The number of carbonyl (C=O) groups is 2. The lowest BCUT2D eigenvalue weighted by Gasteiger charge is -2.34. The molecule has 2 amide bonds. The molecule has 1 aliphatic heterocycles. The van der Waals surface area contributed by atoms with Crippen LogP contribution in [0.3, 0.4) is 0 Å². The van der Waals surface area contributed by atoms with Gasteiger partial charge in [-0.25, -0.2) is 0 Å². The highest BCUT2D eigenvalue weighted by Gasteiger charge is 2.26. The van der Waals surface area contributed by atoms with Gasteiger partial charge in [0, 0.05) is 43.8 Å². The van der Waals surface area contributed by atoms with Gasteiger partial charge in [0.1, 0.15) is 5.69 Å². The zero-order chi connectivity index (χ0) is 17.6. The van der Waals surface area contributed by atoms with Crippen molar-refractivity contribution < 1.29 is 9.59 Å². The van der Waals surface area contributed by atoms with Crippen molar-refractivity contribution >= 4 is 11.8 Å². The summed E-state index contributed by atoms with van der Waals surface area (Å²) in [7, 11) is 0. The van der Waals surface area contributed by atoms with E-state index in [9.17, 15) is 9.59 Å². The summed E-state index contributed by atoms with van der Waals surface area (Å²) in [4.78, 5) is 32.6. The first-order valence-electron chi connectivity index (χ1n) is 8.68. The molecule has 0 spiro atoms. The molecule has 25 heavy (non-hydrogen) atoms. The van der Waals surface area contributed by atoms with Crippen LogP contribution in [-0.2, 0) is 17.6 Å². The van der Waals surface area contributed by atoms with E-state index < -0.39 is 0 Å². The monoisotopic (exact) mass is 341 g/mol. The van der Waals surface area contributed by atoms with Crippen molar-refractivity contribution in [2.24, 2.45) is 0 Å². The minimum atomic E-state index is -0.0737. The largest absolute Gasteiger partial charge is 0.339 e. The number of aryl methyl sites for hydroxylation is 1. The standard InChI is InChI=1S/C18H23N5O2/c1-2-5-15-12-16(21-20-15)18(25)23-10-8-22(9-11-23)17(24)13-14-6-3-4-7-19-14/h3-4,6-7,12H,2,5,8-11,13H2,1H3,(H,20,21). The molecule has 0 aliphatic carbocycles. The summed E-state index contributed by atoms with van der Waals surface area (Å²) in [5.41, 5.74) is 2.21. The number of aromatic amines is 1. The van der Waals surface area contributed by atoms with Crippen LogP contribution < -0.4 is 0 Å². The van der Waals surface area contributed by atoms with E-state index in [2.05, 4.69) is 22.1 Å². The van der Waals surface area contributed by atoms with Gasteiger partial charge in [0.2, 0.25) is 5.91 Å². The maximum Gasteiger partial charge on any atom is 0.274 e. The van der Waals surface area contributed by atoms with Crippen LogP contribution in [0, 0.1) is 0 Å². The fraction of sp³-hybridized carbons (Fsp3) is 0.444. The van der Waals surface area contributed by atoms with Gasteiger partial charge in [0.05, 0.1) is 6.42 Å². The number of nitrogens with one attached hydrogen (secondary N) is 1. The molecule has 7 heteroatoms. The van der Waals surface area contributed by atoms with E-state index in [1.165, 1.54) is 0 Å². The maximum atomic E-state index is 12.5. The number of hydrogen-bond donors (Lipinski definition) is 1. The molecular weight excluding hydrogens is 318 g/mol. The number of hydrogen-bond acceptors (Lipinski definition) is 4. The van der Waals surface area contributed by atoms with Crippen molar-refractivity contribution in [1.82, 2.24) is 25.0 Å². The summed E-state index contributed by atoms with van der Waals surface area (Å²) in [6, 6.07) is 7.38. The van der Waals surface area contributed by atoms with Crippen LogP contribution in [0.2, 0.25) is 0 Å². The lowest BCUT2D eigenvalue weighted by molar-refractivity contribution is -0.132. The van der Waals surface area contributed by atoms with Crippen LogP contribution in [0.4, 0.5) is 0 Å². The van der Waals surface area contributed by atoms with E-state index in [0.717, 1.165) is 24.2 Å². The van der Waals surface area contributed by atoms with Crippen molar-refractivity contribution in [2.45, 2.75) is 26.2 Å². The molecule has 1 fully saturated rings. The Morgan fingerprint density at radius 3 is 2.60 bits per heavy atom. The summed E-state index contributed by atoms with van der Waals surface area (Å²) >= 11 is 0. The molecule has 0 radical (unpaired) electrons. The molecule has 1 aliphatic rings. The SMILES string of the molecule is CCCc1cc(C(=O)N2CCN(C(=O)Cc3ccccn3)CC2)n[nH]1. The first-order chi connectivity index (χ1) is 12.2. The summed E-state index contributed by atoms with van der Waals surface area (Å²) in [6.07, 6.45) is 3.88. The minimum absolute atomic E-state index is 0.0517. The van der Waals surface area contributed by atoms with E-state index in [1.807, 2.05) is 24.3 Å². The van der Waals surface area contributed by atoms with Gasteiger partial charge in [-0.1, -0.05) is 19.4 Å². The highest BCUT2D eigenvalue weighted by molar-refractivity contribution is 5.92. The highest BCUT2D eigenvalue weighted by Crippen LogP contribution is 2.10. The van der Waals surface area contributed by atoms with Crippen molar-refractivity contribution in [3.63, 3.8) is 0 Å². The van der Waals surface area contributed by atoms with E-state index in [0.29, 0.717) is 38.3 Å². The first-order valence-corrected chi connectivity index (χ1v) is 8.68. The normalized spacial score (nSPS) is 14.6. The molecule has 1 saturated heterocycles. The van der Waals surface area contributed by atoms with Crippen LogP contribution in [0.5, 0.6) is 0 Å². The second kappa shape index (κ2) is 7.92. The van der Waals surface area contributed by atoms with Gasteiger partial charge in [-0.05, 0) is 24.6 Å². The predicted molar refractivity (Wildman–Crippen MR) is 93.0 cm³/mol. The molecule has 0 atom stereocenters. The van der Waals surface area contributed by atoms with Crippen molar-refractivity contribution in [2.75, 3.05) is 26.2 Å². The number of amides is 2. The Morgan fingerprint density at radius 2 is 1.92 bits per heavy atom. The topological polar surface area (TPSA) is 82.2 Å². The van der Waals surface area contributed by atoms with Crippen LogP contribution in [0.1, 0.15) is 35.2 Å². The molecule has 1 N–H and O–H groups in total. The average molecular weight is 341 g/mol. The highest BCUT2D eigenvalue weighted by atomic mass is 16.2. The van der Waals surface area contributed by atoms with Gasteiger partial charge in [0.25, 0.3) is 5.91 Å². The van der Waals surface area contributed by atoms with Gasteiger partial charge >= 0.3 is 0 Å². The van der Waals surface area contributed by atoms with E-state index in [1.54, 1.807) is 16.0 Å². The molecule has 132 valence electrons. The minimum Gasteiger partial charge on any atom is -0.339 e. The molecule has 2 aromatic rings. The van der Waals surface area contributed by atoms with Crippen LogP contribution >= 0.6 is 0 Å². The van der Waals surface area contributed by atoms with Crippen molar-refractivity contribution in [1.29, 1.82) is 0 Å². The molecule has 7 nitrogen and oxygen atoms in total. The van der Waals surface area contributed by atoms with Crippen LogP contribution in [0.25, 0.3) is 0 Å². The fourth-order valence-corrected chi connectivity index (χ4v) is 2.96. The van der Waals surface area contributed by atoms with E-state index in [-0.39, 0.29) is 11.8 Å². The number of aromatic nitrogens is 3. The lowest BCUT2D eigenvalue weighted by atomic mass is 10.2. The number of pyridine rings is 1. The van der Waals surface area contributed by atoms with Gasteiger partial charge < -0.3 is 9.80 Å². The van der Waals surface area contributed by atoms with Crippen molar-refractivity contribution in [3.05, 3.63) is 47.5 Å². The molecule has 0 saturated carbocycles. The molecule has 0 unspecified atom stereocenters. The van der Waals surface area contributed by atoms with Crippen molar-refractivity contribution in [3.8, 4) is 0 Å². The summed E-state index contributed by atoms with van der Waals surface area (Å²) in [5.74, 6) is -0.0220. The van der Waals surface area contributed by atoms with E-state index >= 15 is 0 Å². The lowest BCUT2D eigenvalue weighted by Crippen LogP contribution is -2.51. The molecule has 2 aromatic heterocycles. The van der Waals surface area contributed by atoms with E-state index in [4.69, 9.17) is 0 Å². The number of carbonyl (C=O) groups excluding carboxylic acids is 2. The third-order valence-corrected chi connectivity index (χ3v) is 4.35. The number of rotatable bonds is 5. The molecule has 0 aromatic carbocycles. The quantitative estimate of drug-likeness (QED) is 0.888. The van der Waals surface area contributed by atoms with Gasteiger partial charge in [-0.15, -0.1) is 0 Å². The molecule has 0 bridgehead atoms. The maximum absolute atomic E-state index is 12.5. The Hall–Kier alpha value is -2.70. The van der Waals surface area contributed by atoms with Gasteiger partial charge in [0.15, 0.2) is 0 Å². The van der Waals surface area contributed by atoms with Gasteiger partial charge in [-0.3, -0.25) is 19.7 Å². The summed E-state index contributed by atoms with van der Waals surface area (Å²) < 4.78 is 0. The Kier molecular flexibility index (Phi) is 5.42. The van der Waals surface area contributed by atoms with Crippen LogP contribution in [0.15, 0.2) is 30.5 Å². The number of H-pyrrole nitrogens is 1. The number of nitrogens with zero attached hydrogens (tertiary/aromatic N) is 4. The second-order valence-corrected chi connectivity index (χ2v) is 6.20. The zero-order valence-electron chi connectivity index (χ0n) is 14.4.